The number of carbonyl (C=O) groups is 3. The van der Waals surface area contributed by atoms with Gasteiger partial charge in [-0.05, 0) is 30.7 Å². The Balaban J connectivity index is 0.000000359. The van der Waals surface area contributed by atoms with Crippen LogP contribution in [0.15, 0.2) is 60.7 Å². The van der Waals surface area contributed by atoms with Gasteiger partial charge in [0.2, 0.25) is 0 Å². The number of ether oxygens (including phenoxy) is 1. The standard InChI is InChI=1S/C14H10O4.C5H10O3/c15-13(11-7-3-1-4-8-11)17-18-14(16)12-9-5-2-6-10-12;1-2-3-4-8-5(6)7/h1-10H;2-4H2,1H3,(H,6,7). The average Bonchev–Trinajstić information content (AvgIpc) is 2.67. The van der Waals surface area contributed by atoms with E-state index in [1.807, 2.05) is 6.92 Å². The monoisotopic (exact) mass is 360 g/mol. The highest BCUT2D eigenvalue weighted by Crippen LogP contribution is 2.05. The summed E-state index contributed by atoms with van der Waals surface area (Å²) in [6.45, 7) is 2.30. The number of hydrogen-bond donors (Lipinski definition) is 1. The first-order valence-electron chi connectivity index (χ1n) is 7.93. The van der Waals surface area contributed by atoms with E-state index in [9.17, 15) is 14.4 Å². The van der Waals surface area contributed by atoms with Gasteiger partial charge in [0, 0.05) is 0 Å². The van der Waals surface area contributed by atoms with Gasteiger partial charge in [0.1, 0.15) is 0 Å². The Hall–Kier alpha value is -3.35. The maximum atomic E-state index is 11.5. The van der Waals surface area contributed by atoms with E-state index >= 15 is 0 Å². The Bertz CT molecular complexity index is 632. The van der Waals surface area contributed by atoms with Gasteiger partial charge in [0.05, 0.1) is 17.7 Å². The number of benzene rings is 2. The fourth-order valence-corrected chi connectivity index (χ4v) is 1.62. The highest BCUT2D eigenvalue weighted by Gasteiger charge is 2.12. The molecule has 0 saturated heterocycles. The largest absolute Gasteiger partial charge is 0.505 e. The molecule has 2 rings (SSSR count). The third kappa shape index (κ3) is 8.49. The van der Waals surface area contributed by atoms with Crippen LogP contribution in [0.25, 0.3) is 0 Å². The summed E-state index contributed by atoms with van der Waals surface area (Å²) in [6.07, 6.45) is 0.595. The van der Waals surface area contributed by atoms with Crippen LogP contribution in [0.5, 0.6) is 0 Å². The van der Waals surface area contributed by atoms with E-state index in [1.165, 1.54) is 0 Å². The SMILES string of the molecule is CCCCOC(=O)O.O=C(OOC(=O)c1ccccc1)c1ccccc1. The van der Waals surface area contributed by atoms with E-state index in [-0.39, 0.29) is 0 Å². The molecule has 0 bridgehead atoms. The van der Waals surface area contributed by atoms with E-state index in [4.69, 9.17) is 5.11 Å². The second kappa shape index (κ2) is 12.1. The summed E-state index contributed by atoms with van der Waals surface area (Å²) < 4.78 is 4.20. The van der Waals surface area contributed by atoms with Gasteiger partial charge in [-0.1, -0.05) is 49.7 Å². The maximum absolute atomic E-state index is 11.5. The molecule has 0 aliphatic rings. The molecule has 0 saturated carbocycles. The topological polar surface area (TPSA) is 99.1 Å². The zero-order chi connectivity index (χ0) is 19.2. The summed E-state index contributed by atoms with van der Waals surface area (Å²) >= 11 is 0. The van der Waals surface area contributed by atoms with Crippen molar-refractivity contribution in [2.24, 2.45) is 0 Å². The highest BCUT2D eigenvalue weighted by atomic mass is 17.2. The normalized spacial score (nSPS) is 9.27. The Morgan fingerprint density at radius 1 is 0.808 bits per heavy atom. The molecule has 0 aromatic heterocycles. The molecule has 0 unspecified atom stereocenters. The van der Waals surface area contributed by atoms with Crippen LogP contribution in [0, 0.1) is 0 Å². The van der Waals surface area contributed by atoms with Crippen LogP contribution >= 0.6 is 0 Å². The smallest absolute Gasteiger partial charge is 0.450 e. The molecule has 0 amide bonds. The first-order chi connectivity index (χ1) is 12.5. The molecule has 0 radical (unpaired) electrons. The third-order valence-corrected chi connectivity index (χ3v) is 2.94. The van der Waals surface area contributed by atoms with Gasteiger partial charge in [0.25, 0.3) is 0 Å². The van der Waals surface area contributed by atoms with Crippen molar-refractivity contribution >= 4 is 18.1 Å². The van der Waals surface area contributed by atoms with Gasteiger partial charge in [0.15, 0.2) is 0 Å². The molecule has 0 atom stereocenters. The summed E-state index contributed by atoms with van der Waals surface area (Å²) in [5.74, 6) is -1.42. The van der Waals surface area contributed by atoms with Crippen LogP contribution in [0.3, 0.4) is 0 Å². The van der Waals surface area contributed by atoms with Gasteiger partial charge in [-0.15, -0.1) is 0 Å². The van der Waals surface area contributed by atoms with E-state index < -0.39 is 18.1 Å². The summed E-state index contributed by atoms with van der Waals surface area (Å²) in [6, 6.07) is 16.6. The number of carboxylic acid groups (broad SMARTS) is 1. The van der Waals surface area contributed by atoms with Gasteiger partial charge >= 0.3 is 18.1 Å². The number of unbranched alkanes of at least 4 members (excludes halogenated alkanes) is 1. The first kappa shape index (κ1) is 20.7. The van der Waals surface area contributed by atoms with Gasteiger partial charge in [-0.25, -0.2) is 24.2 Å². The second-order valence-corrected chi connectivity index (χ2v) is 4.94. The molecule has 2 aromatic rings. The predicted octanol–water partition coefficient (Wildman–Crippen LogP) is 4.10. The predicted molar refractivity (Wildman–Crippen MR) is 92.6 cm³/mol. The number of rotatable bonds is 5. The Kier molecular flexibility index (Phi) is 9.61. The Morgan fingerprint density at radius 2 is 1.23 bits per heavy atom. The molecule has 0 aliphatic carbocycles. The minimum atomic E-state index is -1.18. The summed E-state index contributed by atoms with van der Waals surface area (Å²) in [4.78, 5) is 41.5. The molecule has 0 spiro atoms. The van der Waals surface area contributed by atoms with Crippen LogP contribution in [0.4, 0.5) is 4.79 Å². The minimum absolute atomic E-state index is 0.318. The second-order valence-electron chi connectivity index (χ2n) is 4.94. The Labute approximate surface area is 151 Å². The molecule has 0 heterocycles. The highest BCUT2D eigenvalue weighted by molar-refractivity contribution is 5.92. The van der Waals surface area contributed by atoms with E-state index in [1.54, 1.807) is 60.7 Å². The van der Waals surface area contributed by atoms with Crippen molar-refractivity contribution in [3.63, 3.8) is 0 Å². The first-order valence-corrected chi connectivity index (χ1v) is 7.93. The average molecular weight is 360 g/mol. The van der Waals surface area contributed by atoms with E-state index in [2.05, 4.69) is 14.5 Å². The maximum Gasteiger partial charge on any atom is 0.505 e. The molecular weight excluding hydrogens is 340 g/mol. The van der Waals surface area contributed by atoms with Crippen LogP contribution in [0.2, 0.25) is 0 Å². The van der Waals surface area contributed by atoms with Crippen LogP contribution in [-0.2, 0) is 14.5 Å². The molecule has 2 aromatic carbocycles. The van der Waals surface area contributed by atoms with Gasteiger partial charge < -0.3 is 9.84 Å². The zero-order valence-corrected chi connectivity index (χ0v) is 14.3. The van der Waals surface area contributed by atoms with Crippen LogP contribution in [0.1, 0.15) is 40.5 Å². The molecular formula is C19H20O7. The van der Waals surface area contributed by atoms with Crippen molar-refractivity contribution in [2.45, 2.75) is 19.8 Å². The molecule has 1 N–H and O–H groups in total. The number of hydrogen-bond acceptors (Lipinski definition) is 6. The molecule has 0 aliphatic heterocycles. The summed E-state index contributed by atoms with van der Waals surface area (Å²) in [5, 5.41) is 7.92. The lowest BCUT2D eigenvalue weighted by atomic mass is 10.2. The van der Waals surface area contributed by atoms with Crippen molar-refractivity contribution in [3.8, 4) is 0 Å². The quantitative estimate of drug-likeness (QED) is 0.371. The molecule has 138 valence electrons. The van der Waals surface area contributed by atoms with Crippen molar-refractivity contribution in [1.82, 2.24) is 0 Å². The minimum Gasteiger partial charge on any atom is -0.450 e. The van der Waals surface area contributed by atoms with Crippen LogP contribution in [-0.4, -0.2) is 29.8 Å². The van der Waals surface area contributed by atoms with Crippen molar-refractivity contribution in [3.05, 3.63) is 71.8 Å². The van der Waals surface area contributed by atoms with Crippen molar-refractivity contribution < 1.29 is 34.0 Å². The van der Waals surface area contributed by atoms with Crippen molar-refractivity contribution in [1.29, 1.82) is 0 Å². The molecule has 7 nitrogen and oxygen atoms in total. The molecule has 7 heteroatoms. The van der Waals surface area contributed by atoms with E-state index in [0.29, 0.717) is 17.7 Å². The lowest BCUT2D eigenvalue weighted by Gasteiger charge is -2.02. The van der Waals surface area contributed by atoms with Crippen LogP contribution < -0.4 is 0 Å². The third-order valence-electron chi connectivity index (χ3n) is 2.94. The van der Waals surface area contributed by atoms with E-state index in [0.717, 1.165) is 12.8 Å². The zero-order valence-electron chi connectivity index (χ0n) is 14.3. The number of carbonyl (C=O) groups excluding carboxylic acids is 2. The molecule has 26 heavy (non-hydrogen) atoms. The van der Waals surface area contributed by atoms with Gasteiger partial charge in [-0.2, -0.15) is 0 Å². The van der Waals surface area contributed by atoms with Crippen molar-refractivity contribution in [2.75, 3.05) is 6.61 Å². The van der Waals surface area contributed by atoms with Gasteiger partial charge in [-0.3, -0.25) is 0 Å². The fraction of sp³-hybridized carbons (Fsp3) is 0.211. The Morgan fingerprint density at radius 3 is 1.58 bits per heavy atom. The summed E-state index contributed by atoms with van der Waals surface area (Å²) in [5.41, 5.74) is 0.636. The summed E-state index contributed by atoms with van der Waals surface area (Å²) in [7, 11) is 0. The molecule has 0 fully saturated rings. The fourth-order valence-electron chi connectivity index (χ4n) is 1.62. The lowest BCUT2D eigenvalue weighted by molar-refractivity contribution is -0.187. The lowest BCUT2D eigenvalue weighted by Crippen LogP contribution is -2.11.